The summed E-state index contributed by atoms with van der Waals surface area (Å²) in [6.45, 7) is 4.54. The van der Waals surface area contributed by atoms with Crippen LogP contribution in [0.3, 0.4) is 0 Å². The van der Waals surface area contributed by atoms with Crippen LogP contribution in [0.2, 0.25) is 5.02 Å². The predicted octanol–water partition coefficient (Wildman–Crippen LogP) is 3.85. The summed E-state index contributed by atoms with van der Waals surface area (Å²) in [6, 6.07) is 15.4. The zero-order valence-electron chi connectivity index (χ0n) is 16.3. The van der Waals surface area contributed by atoms with Gasteiger partial charge in [-0.25, -0.2) is 0 Å². The van der Waals surface area contributed by atoms with Crippen molar-refractivity contribution in [1.82, 2.24) is 9.80 Å². The number of hydrogen-bond donors (Lipinski definition) is 0. The molecule has 0 aromatic heterocycles. The molecule has 1 saturated heterocycles. The molecule has 0 radical (unpaired) electrons. The second-order valence-corrected chi connectivity index (χ2v) is 7.31. The number of halogens is 1. The lowest BCUT2D eigenvalue weighted by Gasteiger charge is -2.35. The van der Waals surface area contributed by atoms with E-state index < -0.39 is 0 Å². The van der Waals surface area contributed by atoms with Gasteiger partial charge in [-0.15, -0.1) is 0 Å². The third-order valence-corrected chi connectivity index (χ3v) is 5.14. The summed E-state index contributed by atoms with van der Waals surface area (Å²) < 4.78 is 11.1. The van der Waals surface area contributed by atoms with E-state index in [1.54, 1.807) is 7.11 Å². The molecule has 1 aliphatic heterocycles. The van der Waals surface area contributed by atoms with Gasteiger partial charge in [-0.1, -0.05) is 29.8 Å². The molecule has 0 N–H and O–H groups in total. The Labute approximate surface area is 171 Å². The van der Waals surface area contributed by atoms with Crippen LogP contribution in [0.15, 0.2) is 48.5 Å². The van der Waals surface area contributed by atoms with Gasteiger partial charge in [-0.3, -0.25) is 9.69 Å². The van der Waals surface area contributed by atoms with Gasteiger partial charge in [0.1, 0.15) is 11.5 Å². The van der Waals surface area contributed by atoms with E-state index in [0.717, 1.165) is 56.2 Å². The highest BCUT2D eigenvalue weighted by Crippen LogP contribution is 2.24. The van der Waals surface area contributed by atoms with Gasteiger partial charge in [-0.05, 0) is 36.8 Å². The number of benzene rings is 2. The Kier molecular flexibility index (Phi) is 7.57. The summed E-state index contributed by atoms with van der Waals surface area (Å²) in [7, 11) is 1.67. The SMILES string of the molecule is COc1ccc(Cl)cc1CN1CCN(C(=O)CCCOc2ccccc2)CC1. The van der Waals surface area contributed by atoms with Gasteiger partial charge in [0.15, 0.2) is 0 Å². The minimum absolute atomic E-state index is 0.205. The molecule has 150 valence electrons. The van der Waals surface area contributed by atoms with E-state index in [1.807, 2.05) is 53.4 Å². The van der Waals surface area contributed by atoms with E-state index in [4.69, 9.17) is 21.1 Å². The summed E-state index contributed by atoms with van der Waals surface area (Å²) in [5, 5.41) is 0.710. The first-order valence-electron chi connectivity index (χ1n) is 9.66. The van der Waals surface area contributed by atoms with Gasteiger partial charge in [0.2, 0.25) is 5.91 Å². The molecule has 0 unspecified atom stereocenters. The van der Waals surface area contributed by atoms with E-state index in [0.29, 0.717) is 18.1 Å². The van der Waals surface area contributed by atoms with Gasteiger partial charge >= 0.3 is 0 Å². The Morgan fingerprint density at radius 1 is 1.07 bits per heavy atom. The van der Waals surface area contributed by atoms with E-state index in [9.17, 15) is 4.79 Å². The molecular formula is C22H27ClN2O3. The highest BCUT2D eigenvalue weighted by molar-refractivity contribution is 6.30. The van der Waals surface area contributed by atoms with Gasteiger partial charge in [0.05, 0.1) is 13.7 Å². The van der Waals surface area contributed by atoms with E-state index >= 15 is 0 Å². The first-order valence-corrected chi connectivity index (χ1v) is 10.0. The van der Waals surface area contributed by atoms with Crippen molar-refractivity contribution in [3.05, 3.63) is 59.1 Å². The fraction of sp³-hybridized carbons (Fsp3) is 0.409. The summed E-state index contributed by atoms with van der Waals surface area (Å²) in [5.41, 5.74) is 1.08. The van der Waals surface area contributed by atoms with Crippen LogP contribution in [0, 0.1) is 0 Å². The standard InChI is InChI=1S/C22H27ClN2O3/c1-27-21-10-9-19(23)16-18(21)17-24-11-13-25(14-12-24)22(26)8-5-15-28-20-6-3-2-4-7-20/h2-4,6-7,9-10,16H,5,8,11-15,17H2,1H3. The Bertz CT molecular complexity index is 762. The number of ether oxygens (including phenoxy) is 2. The van der Waals surface area contributed by atoms with Crippen molar-refractivity contribution in [2.24, 2.45) is 0 Å². The molecule has 3 rings (SSSR count). The van der Waals surface area contributed by atoms with Gasteiger partial charge in [-0.2, -0.15) is 0 Å². The third-order valence-electron chi connectivity index (χ3n) is 4.91. The number of nitrogens with zero attached hydrogens (tertiary/aromatic N) is 2. The second-order valence-electron chi connectivity index (χ2n) is 6.88. The van der Waals surface area contributed by atoms with Gasteiger partial charge in [0.25, 0.3) is 0 Å². The molecule has 5 nitrogen and oxygen atoms in total. The molecule has 1 heterocycles. The Morgan fingerprint density at radius 2 is 1.82 bits per heavy atom. The lowest BCUT2D eigenvalue weighted by molar-refractivity contribution is -0.133. The van der Waals surface area contributed by atoms with Crippen molar-refractivity contribution < 1.29 is 14.3 Å². The van der Waals surface area contributed by atoms with Crippen LogP contribution in [0.5, 0.6) is 11.5 Å². The van der Waals surface area contributed by atoms with Crippen LogP contribution in [0.1, 0.15) is 18.4 Å². The molecule has 28 heavy (non-hydrogen) atoms. The second kappa shape index (κ2) is 10.3. The summed E-state index contributed by atoms with van der Waals surface area (Å²) >= 11 is 6.12. The number of para-hydroxylation sites is 1. The molecule has 1 aliphatic rings. The molecule has 0 bridgehead atoms. The number of piperazine rings is 1. The monoisotopic (exact) mass is 402 g/mol. The van der Waals surface area contributed by atoms with Gasteiger partial charge in [0, 0.05) is 49.7 Å². The maximum absolute atomic E-state index is 12.4. The van der Waals surface area contributed by atoms with Crippen LogP contribution < -0.4 is 9.47 Å². The normalized spacial score (nSPS) is 14.7. The molecule has 0 aliphatic carbocycles. The molecule has 0 saturated carbocycles. The van der Waals surface area contributed by atoms with Crippen molar-refractivity contribution in [2.45, 2.75) is 19.4 Å². The van der Waals surface area contributed by atoms with Crippen molar-refractivity contribution in [3.63, 3.8) is 0 Å². The quantitative estimate of drug-likeness (QED) is 0.629. The summed E-state index contributed by atoms with van der Waals surface area (Å²) in [6.07, 6.45) is 1.25. The molecular weight excluding hydrogens is 376 g/mol. The number of hydrogen-bond acceptors (Lipinski definition) is 4. The molecule has 2 aromatic carbocycles. The fourth-order valence-corrected chi connectivity index (χ4v) is 3.55. The van der Waals surface area contributed by atoms with E-state index in [-0.39, 0.29) is 5.91 Å². The van der Waals surface area contributed by atoms with E-state index in [2.05, 4.69) is 4.90 Å². The summed E-state index contributed by atoms with van der Waals surface area (Å²) in [4.78, 5) is 16.7. The molecule has 0 spiro atoms. The van der Waals surface area contributed by atoms with Crippen LogP contribution in [0.4, 0.5) is 0 Å². The van der Waals surface area contributed by atoms with Crippen molar-refractivity contribution in [2.75, 3.05) is 39.9 Å². The van der Waals surface area contributed by atoms with Crippen LogP contribution >= 0.6 is 11.6 Å². The minimum Gasteiger partial charge on any atom is -0.496 e. The minimum atomic E-state index is 0.205. The topological polar surface area (TPSA) is 42.0 Å². The van der Waals surface area contributed by atoms with Crippen molar-refractivity contribution >= 4 is 17.5 Å². The zero-order chi connectivity index (χ0) is 19.8. The van der Waals surface area contributed by atoms with Crippen LogP contribution in [0.25, 0.3) is 0 Å². The largest absolute Gasteiger partial charge is 0.496 e. The number of amides is 1. The number of carbonyl (C=O) groups excluding carboxylic acids is 1. The first kappa shape index (κ1) is 20.5. The average molecular weight is 403 g/mol. The summed E-state index contributed by atoms with van der Waals surface area (Å²) in [5.74, 6) is 1.90. The highest BCUT2D eigenvalue weighted by atomic mass is 35.5. The molecule has 0 atom stereocenters. The molecule has 1 fully saturated rings. The number of carbonyl (C=O) groups is 1. The lowest BCUT2D eigenvalue weighted by atomic mass is 10.1. The molecule has 2 aromatic rings. The Morgan fingerprint density at radius 3 is 2.54 bits per heavy atom. The fourth-order valence-electron chi connectivity index (χ4n) is 3.36. The smallest absolute Gasteiger partial charge is 0.222 e. The highest BCUT2D eigenvalue weighted by Gasteiger charge is 2.21. The van der Waals surface area contributed by atoms with E-state index in [1.165, 1.54) is 0 Å². The third kappa shape index (κ3) is 5.88. The van der Waals surface area contributed by atoms with Gasteiger partial charge < -0.3 is 14.4 Å². The molecule has 1 amide bonds. The molecule has 6 heteroatoms. The van der Waals surface area contributed by atoms with Crippen LogP contribution in [-0.4, -0.2) is 55.6 Å². The van der Waals surface area contributed by atoms with Crippen molar-refractivity contribution in [1.29, 1.82) is 0 Å². The zero-order valence-corrected chi connectivity index (χ0v) is 17.0. The lowest BCUT2D eigenvalue weighted by Crippen LogP contribution is -2.48. The predicted molar refractivity (Wildman–Crippen MR) is 111 cm³/mol. The maximum Gasteiger partial charge on any atom is 0.222 e. The first-order chi connectivity index (χ1) is 13.7. The van der Waals surface area contributed by atoms with Crippen LogP contribution in [-0.2, 0) is 11.3 Å². The maximum atomic E-state index is 12.4. The average Bonchev–Trinajstić information content (AvgIpc) is 2.72. The Hall–Kier alpha value is -2.24. The Balaban J connectivity index is 1.39. The number of methoxy groups -OCH3 is 1. The van der Waals surface area contributed by atoms with Crippen molar-refractivity contribution in [3.8, 4) is 11.5 Å². The number of rotatable bonds is 8.